The normalized spacial score (nSPS) is 14.7. The number of carbonyl (C=O) groups is 1. The molecule has 0 radical (unpaired) electrons. The Hall–Kier alpha value is -1.20. The van der Waals surface area contributed by atoms with Crippen molar-refractivity contribution in [1.29, 1.82) is 0 Å². The van der Waals surface area contributed by atoms with Gasteiger partial charge in [-0.2, -0.15) is 0 Å². The monoisotopic (exact) mass is 301 g/mol. The van der Waals surface area contributed by atoms with E-state index >= 15 is 0 Å². The highest BCUT2D eigenvalue weighted by atomic mass is 31.2. The average molecular weight is 301 g/mol. The number of carbonyl (C=O) groups excluding carboxylic acids is 1. The minimum atomic E-state index is -3.63. The summed E-state index contributed by atoms with van der Waals surface area (Å²) in [6.45, 7) is 1.31. The molecule has 0 heterocycles. The lowest BCUT2D eigenvalue weighted by Gasteiger charge is -2.28. The summed E-state index contributed by atoms with van der Waals surface area (Å²) in [5, 5.41) is 0. The predicted molar refractivity (Wildman–Crippen MR) is 76.0 cm³/mol. The number of para-hydroxylation sites is 1. The van der Waals surface area contributed by atoms with Crippen LogP contribution in [0.3, 0.4) is 0 Å². The summed E-state index contributed by atoms with van der Waals surface area (Å²) in [6, 6.07) is 6.13. The highest BCUT2D eigenvalue weighted by molar-refractivity contribution is 7.55. The van der Waals surface area contributed by atoms with Gasteiger partial charge in [0.15, 0.2) is 0 Å². The SMILES string of the molecule is COc1ccccc1C(N)C(C(C)=O)P(=O)(OC)OC. The first-order valence-electron chi connectivity index (χ1n) is 6.01. The first-order chi connectivity index (χ1) is 9.41. The van der Waals surface area contributed by atoms with Crippen molar-refractivity contribution in [3.8, 4) is 5.75 Å². The number of ketones is 1. The number of rotatable bonds is 7. The average Bonchev–Trinajstić information content (AvgIpc) is 2.46. The van der Waals surface area contributed by atoms with Crippen molar-refractivity contribution in [1.82, 2.24) is 0 Å². The third-order valence-electron chi connectivity index (χ3n) is 3.10. The van der Waals surface area contributed by atoms with Gasteiger partial charge in [-0.15, -0.1) is 0 Å². The maximum atomic E-state index is 12.5. The predicted octanol–water partition coefficient (Wildman–Crippen LogP) is 2.14. The Morgan fingerprint density at radius 3 is 2.20 bits per heavy atom. The van der Waals surface area contributed by atoms with Crippen molar-refractivity contribution in [2.45, 2.75) is 18.6 Å². The van der Waals surface area contributed by atoms with E-state index in [1.807, 2.05) is 0 Å². The van der Waals surface area contributed by atoms with E-state index in [1.54, 1.807) is 24.3 Å². The molecule has 0 aliphatic rings. The zero-order valence-electron chi connectivity index (χ0n) is 12.0. The molecule has 6 nitrogen and oxygen atoms in total. The van der Waals surface area contributed by atoms with Gasteiger partial charge < -0.3 is 19.5 Å². The number of hydrogen-bond acceptors (Lipinski definition) is 6. The number of hydrogen-bond donors (Lipinski definition) is 1. The Bertz CT molecular complexity index is 511. The number of Topliss-reactive ketones (excluding diaryl/α,β-unsaturated/α-hetero) is 1. The molecule has 0 fully saturated rings. The standard InChI is InChI=1S/C13H20NO5P/c1-9(15)13(20(16,18-3)19-4)12(14)10-7-5-6-8-11(10)17-2/h5-8,12-13H,14H2,1-4H3. The number of benzene rings is 1. The molecule has 0 bridgehead atoms. The van der Waals surface area contributed by atoms with Crippen LogP contribution in [0.1, 0.15) is 18.5 Å². The summed E-state index contributed by atoms with van der Waals surface area (Å²) in [4.78, 5) is 11.9. The second kappa shape index (κ2) is 6.99. The van der Waals surface area contributed by atoms with Gasteiger partial charge in [-0.25, -0.2) is 0 Å². The van der Waals surface area contributed by atoms with Crippen LogP contribution in [0.25, 0.3) is 0 Å². The van der Waals surface area contributed by atoms with Gasteiger partial charge in [-0.3, -0.25) is 9.36 Å². The van der Waals surface area contributed by atoms with Crippen LogP contribution in [0, 0.1) is 0 Å². The molecule has 0 aliphatic carbocycles. The highest BCUT2D eigenvalue weighted by Gasteiger charge is 2.43. The quantitative estimate of drug-likeness (QED) is 0.776. The molecule has 1 aromatic carbocycles. The maximum absolute atomic E-state index is 12.5. The van der Waals surface area contributed by atoms with Crippen LogP contribution in [-0.2, 0) is 18.4 Å². The topological polar surface area (TPSA) is 87.9 Å². The lowest BCUT2D eigenvalue weighted by Crippen LogP contribution is -2.33. The third kappa shape index (κ3) is 3.27. The zero-order valence-corrected chi connectivity index (χ0v) is 12.9. The fraction of sp³-hybridized carbons (Fsp3) is 0.462. The molecule has 0 amide bonds. The minimum Gasteiger partial charge on any atom is -0.496 e. The van der Waals surface area contributed by atoms with Gasteiger partial charge in [0.1, 0.15) is 17.2 Å². The summed E-state index contributed by atoms with van der Waals surface area (Å²) < 4.78 is 27.6. The summed E-state index contributed by atoms with van der Waals surface area (Å²) in [5.74, 6) is 0.153. The molecule has 1 aromatic rings. The van der Waals surface area contributed by atoms with Crippen LogP contribution in [0.15, 0.2) is 24.3 Å². The molecule has 0 saturated heterocycles. The van der Waals surface area contributed by atoms with E-state index in [-0.39, 0.29) is 5.78 Å². The van der Waals surface area contributed by atoms with Gasteiger partial charge in [0.05, 0.1) is 13.2 Å². The molecule has 20 heavy (non-hydrogen) atoms. The lowest BCUT2D eigenvalue weighted by molar-refractivity contribution is -0.117. The largest absolute Gasteiger partial charge is 0.496 e. The molecule has 0 aromatic heterocycles. The molecular formula is C13H20NO5P. The van der Waals surface area contributed by atoms with Gasteiger partial charge >= 0.3 is 7.60 Å². The molecule has 1 rings (SSSR count). The van der Waals surface area contributed by atoms with Crippen LogP contribution >= 0.6 is 7.60 Å². The Morgan fingerprint density at radius 1 is 1.20 bits per heavy atom. The van der Waals surface area contributed by atoms with Gasteiger partial charge in [-0.05, 0) is 13.0 Å². The summed E-state index contributed by atoms with van der Waals surface area (Å²) in [5.41, 5.74) is 5.61. The first-order valence-corrected chi connectivity index (χ1v) is 7.62. The minimum absolute atomic E-state index is 0.365. The fourth-order valence-corrected chi connectivity index (χ4v) is 3.69. The maximum Gasteiger partial charge on any atom is 0.342 e. The van der Waals surface area contributed by atoms with E-state index in [1.165, 1.54) is 28.3 Å². The lowest BCUT2D eigenvalue weighted by atomic mass is 10.0. The summed E-state index contributed by atoms with van der Waals surface area (Å²) in [6.07, 6.45) is 0. The second-order valence-electron chi connectivity index (χ2n) is 4.23. The Kier molecular flexibility index (Phi) is 5.89. The van der Waals surface area contributed by atoms with E-state index in [0.29, 0.717) is 11.3 Å². The van der Waals surface area contributed by atoms with Crippen molar-refractivity contribution in [3.63, 3.8) is 0 Å². The van der Waals surface area contributed by atoms with Gasteiger partial charge in [0.25, 0.3) is 0 Å². The Balaban J connectivity index is 3.29. The second-order valence-corrected chi connectivity index (χ2v) is 6.59. The van der Waals surface area contributed by atoms with Crippen molar-refractivity contribution in [3.05, 3.63) is 29.8 Å². The molecule has 2 N–H and O–H groups in total. The van der Waals surface area contributed by atoms with E-state index in [2.05, 4.69) is 0 Å². The molecule has 0 spiro atoms. The van der Waals surface area contributed by atoms with Crippen LogP contribution in [0.4, 0.5) is 0 Å². The van der Waals surface area contributed by atoms with Gasteiger partial charge in [-0.1, -0.05) is 18.2 Å². The van der Waals surface area contributed by atoms with E-state index in [0.717, 1.165) is 0 Å². The Labute approximate surface area is 118 Å². The van der Waals surface area contributed by atoms with Crippen LogP contribution in [-0.4, -0.2) is 32.8 Å². The summed E-state index contributed by atoms with van der Waals surface area (Å²) in [7, 11) is 0.334. The molecule has 0 saturated carbocycles. The smallest absolute Gasteiger partial charge is 0.342 e. The molecule has 7 heteroatoms. The van der Waals surface area contributed by atoms with Crippen molar-refractivity contribution in [2.24, 2.45) is 5.73 Å². The number of ether oxygens (including phenoxy) is 1. The third-order valence-corrected chi connectivity index (χ3v) is 5.49. The molecule has 2 atom stereocenters. The van der Waals surface area contributed by atoms with E-state index in [9.17, 15) is 9.36 Å². The van der Waals surface area contributed by atoms with E-state index < -0.39 is 19.3 Å². The van der Waals surface area contributed by atoms with Crippen LogP contribution < -0.4 is 10.5 Å². The van der Waals surface area contributed by atoms with Crippen LogP contribution in [0.2, 0.25) is 0 Å². The first kappa shape index (κ1) is 16.9. The fourth-order valence-electron chi connectivity index (χ4n) is 2.09. The van der Waals surface area contributed by atoms with Crippen molar-refractivity contribution in [2.75, 3.05) is 21.3 Å². The van der Waals surface area contributed by atoms with Crippen molar-refractivity contribution < 1.29 is 23.1 Å². The molecule has 112 valence electrons. The highest BCUT2D eigenvalue weighted by Crippen LogP contribution is 2.55. The molecular weight excluding hydrogens is 281 g/mol. The van der Waals surface area contributed by atoms with Gasteiger partial charge in [0.2, 0.25) is 0 Å². The zero-order chi connectivity index (χ0) is 15.3. The number of methoxy groups -OCH3 is 1. The van der Waals surface area contributed by atoms with Crippen LogP contribution in [0.5, 0.6) is 5.75 Å². The summed E-state index contributed by atoms with van der Waals surface area (Å²) >= 11 is 0. The molecule has 0 aliphatic heterocycles. The van der Waals surface area contributed by atoms with Gasteiger partial charge in [0, 0.05) is 19.8 Å². The Morgan fingerprint density at radius 2 is 1.75 bits per heavy atom. The van der Waals surface area contributed by atoms with E-state index in [4.69, 9.17) is 19.5 Å². The number of nitrogens with two attached hydrogens (primary N) is 1. The molecule has 2 unspecified atom stereocenters. The van der Waals surface area contributed by atoms with Crippen molar-refractivity contribution >= 4 is 13.4 Å².